The number of carbonyl (C=O) groups excluding carboxylic acids is 1. The minimum atomic E-state index is -3.46. The van der Waals surface area contributed by atoms with E-state index in [1.54, 1.807) is 17.0 Å². The van der Waals surface area contributed by atoms with Crippen LogP contribution in [-0.4, -0.2) is 38.6 Å². The Bertz CT molecular complexity index is 783. The summed E-state index contributed by atoms with van der Waals surface area (Å²) in [7, 11) is -1.62. The van der Waals surface area contributed by atoms with E-state index in [0.717, 1.165) is 24.3 Å². The fraction of sp³-hybridized carbons (Fsp3) is 0.667. The molecule has 4 saturated carbocycles. The lowest BCUT2D eigenvalue weighted by Crippen LogP contribution is -2.51. The van der Waals surface area contributed by atoms with Crippen molar-refractivity contribution in [3.63, 3.8) is 0 Å². The fourth-order valence-electron chi connectivity index (χ4n) is 6.25. The van der Waals surface area contributed by atoms with Crippen LogP contribution in [0.2, 0.25) is 5.02 Å². The van der Waals surface area contributed by atoms with Gasteiger partial charge in [-0.25, -0.2) is 8.42 Å². The summed E-state index contributed by atoms with van der Waals surface area (Å²) in [5.41, 5.74) is 0.286. The Morgan fingerprint density at radius 2 is 1.59 bits per heavy atom. The second-order valence-corrected chi connectivity index (χ2v) is 11.7. The molecule has 5 rings (SSSR count). The molecule has 1 aromatic carbocycles. The van der Waals surface area contributed by atoms with Crippen molar-refractivity contribution < 1.29 is 13.2 Å². The number of benzene rings is 1. The molecule has 27 heavy (non-hydrogen) atoms. The van der Waals surface area contributed by atoms with Gasteiger partial charge in [-0.15, -0.1) is 0 Å². The Hall–Kier alpha value is -1.07. The van der Waals surface area contributed by atoms with Gasteiger partial charge in [-0.2, -0.15) is 0 Å². The average Bonchev–Trinajstić information content (AvgIpc) is 2.58. The number of nitrogens with zero attached hydrogens (tertiary/aromatic N) is 1. The zero-order valence-corrected chi connectivity index (χ0v) is 17.4. The Labute approximate surface area is 167 Å². The van der Waals surface area contributed by atoms with Crippen LogP contribution in [0.4, 0.5) is 0 Å². The summed E-state index contributed by atoms with van der Waals surface area (Å²) in [4.78, 5) is 14.7. The molecule has 4 bridgehead atoms. The predicted molar refractivity (Wildman–Crippen MR) is 106 cm³/mol. The summed E-state index contributed by atoms with van der Waals surface area (Å²) in [6.07, 6.45) is 7.94. The third kappa shape index (κ3) is 4.04. The summed E-state index contributed by atoms with van der Waals surface area (Å²) in [5, 5.41) is 0.500. The second kappa shape index (κ2) is 7.07. The number of carbonyl (C=O) groups is 1. The average molecular weight is 410 g/mol. The molecule has 0 unspecified atom stereocenters. The summed E-state index contributed by atoms with van der Waals surface area (Å²) in [6.45, 7) is 0.788. The number of sulfone groups is 1. The molecule has 4 aliphatic rings. The molecular weight excluding hydrogens is 382 g/mol. The Balaban J connectivity index is 1.35. The van der Waals surface area contributed by atoms with Crippen LogP contribution >= 0.6 is 11.6 Å². The third-order valence-electron chi connectivity index (χ3n) is 6.92. The second-order valence-electron chi connectivity index (χ2n) is 9.19. The van der Waals surface area contributed by atoms with Crippen molar-refractivity contribution in [2.75, 3.05) is 19.3 Å². The standard InChI is InChI=1S/C21H28ClNO3S/c1-23(14-21-11-15-8-16(12-21)10-17(9-15)13-21)20(24)6-7-27(25,26)19-4-2-18(22)3-5-19/h2-5,15-17H,6-14H2,1H3. The van der Waals surface area contributed by atoms with E-state index in [-0.39, 0.29) is 28.4 Å². The zero-order chi connectivity index (χ0) is 19.2. The summed E-state index contributed by atoms with van der Waals surface area (Å²) in [6, 6.07) is 6.13. The molecule has 4 nitrogen and oxygen atoms in total. The zero-order valence-electron chi connectivity index (χ0n) is 15.9. The molecule has 0 heterocycles. The molecule has 0 spiro atoms. The van der Waals surface area contributed by atoms with Crippen LogP contribution in [0.25, 0.3) is 0 Å². The van der Waals surface area contributed by atoms with E-state index >= 15 is 0 Å². The van der Waals surface area contributed by atoms with Gasteiger partial charge in [0, 0.05) is 25.0 Å². The number of halogens is 1. The van der Waals surface area contributed by atoms with Crippen molar-refractivity contribution in [2.24, 2.45) is 23.2 Å². The lowest BCUT2D eigenvalue weighted by Gasteiger charge is -2.57. The largest absolute Gasteiger partial charge is 0.345 e. The molecule has 1 aromatic rings. The highest BCUT2D eigenvalue weighted by Crippen LogP contribution is 2.60. The highest BCUT2D eigenvalue weighted by Gasteiger charge is 2.51. The molecular formula is C21H28ClNO3S. The maximum atomic E-state index is 12.6. The number of hydrogen-bond acceptors (Lipinski definition) is 3. The van der Waals surface area contributed by atoms with Gasteiger partial charge < -0.3 is 4.90 Å². The minimum Gasteiger partial charge on any atom is -0.345 e. The number of hydrogen-bond donors (Lipinski definition) is 0. The Morgan fingerprint density at radius 1 is 1.07 bits per heavy atom. The molecule has 0 saturated heterocycles. The van der Waals surface area contributed by atoms with Crippen molar-refractivity contribution in [2.45, 2.75) is 49.8 Å². The van der Waals surface area contributed by atoms with Crippen LogP contribution in [-0.2, 0) is 14.6 Å². The highest BCUT2D eigenvalue weighted by molar-refractivity contribution is 7.91. The highest BCUT2D eigenvalue weighted by atomic mass is 35.5. The van der Waals surface area contributed by atoms with Crippen molar-refractivity contribution in [1.82, 2.24) is 4.90 Å². The summed E-state index contributed by atoms with van der Waals surface area (Å²) < 4.78 is 24.9. The molecule has 148 valence electrons. The number of amides is 1. The molecule has 0 atom stereocenters. The maximum Gasteiger partial charge on any atom is 0.223 e. The van der Waals surface area contributed by atoms with Crippen LogP contribution in [0.15, 0.2) is 29.2 Å². The molecule has 4 aliphatic carbocycles. The lowest BCUT2D eigenvalue weighted by atomic mass is 9.49. The van der Waals surface area contributed by atoms with E-state index in [0.29, 0.717) is 5.02 Å². The first-order chi connectivity index (χ1) is 12.7. The molecule has 0 radical (unpaired) electrons. The smallest absolute Gasteiger partial charge is 0.223 e. The van der Waals surface area contributed by atoms with Crippen LogP contribution in [0, 0.1) is 23.2 Å². The van der Waals surface area contributed by atoms with E-state index in [4.69, 9.17) is 11.6 Å². The molecule has 0 aliphatic heterocycles. The predicted octanol–water partition coefficient (Wildman–Crippen LogP) is 4.18. The third-order valence-corrected chi connectivity index (χ3v) is 8.90. The van der Waals surface area contributed by atoms with Crippen LogP contribution in [0.5, 0.6) is 0 Å². The van der Waals surface area contributed by atoms with Gasteiger partial charge >= 0.3 is 0 Å². The first-order valence-corrected chi connectivity index (χ1v) is 12.0. The van der Waals surface area contributed by atoms with Gasteiger partial charge in [-0.1, -0.05) is 11.6 Å². The van der Waals surface area contributed by atoms with Crippen molar-refractivity contribution in [1.29, 1.82) is 0 Å². The molecule has 1 amide bonds. The maximum absolute atomic E-state index is 12.6. The van der Waals surface area contributed by atoms with E-state index in [1.807, 2.05) is 7.05 Å². The van der Waals surface area contributed by atoms with Gasteiger partial charge in [-0.05, 0) is 86.0 Å². The van der Waals surface area contributed by atoms with E-state index < -0.39 is 9.84 Å². The summed E-state index contributed by atoms with van der Waals surface area (Å²) >= 11 is 5.82. The molecule has 0 aromatic heterocycles. The van der Waals surface area contributed by atoms with Crippen LogP contribution < -0.4 is 0 Å². The molecule has 0 N–H and O–H groups in total. The monoisotopic (exact) mass is 409 g/mol. The fourth-order valence-corrected chi connectivity index (χ4v) is 7.60. The topological polar surface area (TPSA) is 54.5 Å². The Kier molecular flexibility index (Phi) is 5.04. The van der Waals surface area contributed by atoms with Gasteiger partial charge in [-0.3, -0.25) is 4.79 Å². The van der Waals surface area contributed by atoms with E-state index in [1.165, 1.54) is 50.7 Å². The van der Waals surface area contributed by atoms with Gasteiger partial charge in [0.05, 0.1) is 10.6 Å². The van der Waals surface area contributed by atoms with Crippen molar-refractivity contribution in [3.8, 4) is 0 Å². The van der Waals surface area contributed by atoms with E-state index in [2.05, 4.69) is 0 Å². The van der Waals surface area contributed by atoms with Gasteiger partial charge in [0.25, 0.3) is 0 Å². The van der Waals surface area contributed by atoms with Gasteiger partial charge in [0.15, 0.2) is 9.84 Å². The lowest BCUT2D eigenvalue weighted by molar-refractivity contribution is -0.135. The first kappa shape index (κ1) is 19.3. The molecule has 4 fully saturated rings. The van der Waals surface area contributed by atoms with Crippen LogP contribution in [0.1, 0.15) is 44.9 Å². The number of rotatable bonds is 6. The quantitative estimate of drug-likeness (QED) is 0.708. The van der Waals surface area contributed by atoms with Crippen LogP contribution in [0.3, 0.4) is 0 Å². The van der Waals surface area contributed by atoms with Gasteiger partial charge in [0.2, 0.25) is 5.91 Å². The molecule has 6 heteroatoms. The van der Waals surface area contributed by atoms with E-state index in [9.17, 15) is 13.2 Å². The Morgan fingerprint density at radius 3 is 2.11 bits per heavy atom. The summed E-state index contributed by atoms with van der Waals surface area (Å²) in [5.74, 6) is 2.34. The normalized spacial score (nSPS) is 31.9. The minimum absolute atomic E-state index is 0.0355. The van der Waals surface area contributed by atoms with Crippen molar-refractivity contribution in [3.05, 3.63) is 29.3 Å². The van der Waals surface area contributed by atoms with Gasteiger partial charge in [0.1, 0.15) is 0 Å². The SMILES string of the molecule is CN(CC12CC3CC(CC(C3)C1)C2)C(=O)CCS(=O)(=O)c1ccc(Cl)cc1. The van der Waals surface area contributed by atoms with Crippen molar-refractivity contribution >= 4 is 27.3 Å². The first-order valence-electron chi connectivity index (χ1n) is 9.97.